The maximum absolute atomic E-state index is 15.3. The Balaban J connectivity index is 0.0000000978. The van der Waals surface area contributed by atoms with Crippen molar-refractivity contribution in [1.29, 1.82) is 0 Å². The quantitative estimate of drug-likeness (QED) is 0.0374. The summed E-state index contributed by atoms with van der Waals surface area (Å²) in [6.07, 6.45) is 43.3. The van der Waals surface area contributed by atoms with Crippen molar-refractivity contribution in [3.05, 3.63) is 191 Å². The van der Waals surface area contributed by atoms with Crippen LogP contribution >= 0.6 is 0 Å². The van der Waals surface area contributed by atoms with Crippen LogP contribution < -0.4 is 0 Å². The molecule has 620 valence electrons. The van der Waals surface area contributed by atoms with E-state index in [2.05, 4.69) is 171 Å². The molecule has 0 radical (unpaired) electrons. The van der Waals surface area contributed by atoms with E-state index in [1.807, 2.05) is 24.3 Å². The smallest absolute Gasteiger partial charge is 0.327 e. The Bertz CT molecular complexity index is 5410. The number of nitrogens with zero attached hydrogens (tertiary/aromatic N) is 4. The first kappa shape index (κ1) is 77.0. The molecule has 0 spiro atoms. The van der Waals surface area contributed by atoms with Crippen molar-refractivity contribution >= 4 is 67.5 Å². The molecule has 9 heterocycles. The van der Waals surface area contributed by atoms with Gasteiger partial charge in [-0.25, -0.2) is 23.6 Å². The molecule has 18 heteroatoms. The molecule has 118 heavy (non-hydrogen) atoms. The zero-order valence-corrected chi connectivity index (χ0v) is 69.5. The summed E-state index contributed by atoms with van der Waals surface area (Å²) in [6.45, 7) is 15.4. The molecule has 15 aliphatic carbocycles. The average molecular weight is 1600 g/mol. The lowest BCUT2D eigenvalue weighted by Crippen LogP contribution is -2.68. The Morgan fingerprint density at radius 3 is 0.992 bits per heavy atom. The molecular weight excluding hydrogens is 1480 g/mol. The van der Waals surface area contributed by atoms with Gasteiger partial charge in [0.15, 0.2) is 0 Å². The van der Waals surface area contributed by atoms with Crippen molar-refractivity contribution in [2.45, 2.75) is 274 Å². The van der Waals surface area contributed by atoms with Gasteiger partial charge in [-0.2, -0.15) is 0 Å². The number of carboxylic acid groups (broad SMARTS) is 4. The third-order valence-corrected chi connectivity index (χ3v) is 33.7. The van der Waals surface area contributed by atoms with Crippen LogP contribution in [0.4, 0.5) is 4.39 Å². The van der Waals surface area contributed by atoms with Gasteiger partial charge in [0.1, 0.15) is 5.67 Å². The van der Waals surface area contributed by atoms with Crippen molar-refractivity contribution < 1.29 is 48.7 Å². The largest absolute Gasteiger partial charge is 0.478 e. The van der Waals surface area contributed by atoms with E-state index in [0.29, 0.717) is 90.0 Å². The number of H-pyrrole nitrogens is 4. The van der Waals surface area contributed by atoms with Crippen molar-refractivity contribution in [2.75, 3.05) is 26.3 Å². The number of aliphatic carboxylic acids is 4. The van der Waals surface area contributed by atoms with Crippen LogP contribution in [0.3, 0.4) is 0 Å². The van der Waals surface area contributed by atoms with Gasteiger partial charge < -0.3 is 45.1 Å². The highest BCUT2D eigenvalue weighted by Gasteiger charge is 2.75. The molecule has 8 N–H and O–H groups in total. The summed E-state index contributed by atoms with van der Waals surface area (Å²) in [5, 5.41) is 41.7. The van der Waals surface area contributed by atoms with Gasteiger partial charge in [-0.3, -0.25) is 19.6 Å². The maximum atomic E-state index is 15.3. The number of fused-ring (bicyclic) bond motifs is 12. The SMILES string of the molecule is CC1Cc2c([nH]c3ccccc23)C(C23CC(/C=C/C(=O)O)(C2)C3)N1C1CCCC1.CC1Cc2c([nH]c3ccccc23)C(C23CC(/C=C/C(=O)O)(C2)C3)N1C1CCOCC1.CC1Cc2c([nH]c3ccccc23)C(C23CC(/C=C/C(=O)O)(C2)C3)N1CC1(C)CC1.CC1Cc2c([nH]c3ccccc23)C(C23CC(/C=C/C(=O)O)(C2)C3)N1CC1(F)CCC1. The molecule has 28 rings (SSSR count). The molecule has 1 saturated heterocycles. The molecule has 8 bridgehead atoms. The Kier molecular flexibility index (Phi) is 18.0. The second-order valence-electron chi connectivity index (χ2n) is 42.1. The summed E-state index contributed by atoms with van der Waals surface area (Å²) < 4.78 is 21.0. The van der Waals surface area contributed by atoms with Crippen LogP contribution in [0.15, 0.2) is 146 Å². The third-order valence-electron chi connectivity index (χ3n) is 33.7. The van der Waals surface area contributed by atoms with Gasteiger partial charge in [-0.05, 0) is 283 Å². The van der Waals surface area contributed by atoms with Crippen molar-refractivity contribution in [3.8, 4) is 0 Å². The summed E-state index contributed by atoms with van der Waals surface area (Å²) in [5.41, 5.74) is 17.5. The molecular formula is C100H119FN8O9. The number of carboxylic acids is 4. The lowest BCUT2D eigenvalue weighted by Gasteiger charge is -2.74. The predicted molar refractivity (Wildman–Crippen MR) is 457 cm³/mol. The monoisotopic (exact) mass is 1590 g/mol. The summed E-state index contributed by atoms with van der Waals surface area (Å²) >= 11 is 0. The summed E-state index contributed by atoms with van der Waals surface area (Å²) in [7, 11) is 0. The zero-order chi connectivity index (χ0) is 81.1. The van der Waals surface area contributed by atoms with E-state index in [-0.39, 0.29) is 38.5 Å². The lowest BCUT2D eigenvalue weighted by molar-refractivity contribution is -0.230. The average Bonchev–Trinajstić information content (AvgIpc) is 0.895. The number of aromatic nitrogens is 4. The molecule has 8 aromatic rings. The maximum Gasteiger partial charge on any atom is 0.327 e. The van der Waals surface area contributed by atoms with Crippen LogP contribution in [0.1, 0.15) is 251 Å². The number of hydrogen-bond acceptors (Lipinski definition) is 9. The number of rotatable bonds is 18. The van der Waals surface area contributed by atoms with E-state index in [9.17, 15) is 19.2 Å². The van der Waals surface area contributed by atoms with Crippen molar-refractivity contribution in [2.24, 2.45) is 48.7 Å². The molecule has 0 amide bonds. The summed E-state index contributed by atoms with van der Waals surface area (Å²) in [6, 6.07) is 39.4. The number of para-hydroxylation sites is 4. The molecule has 5 aliphatic heterocycles. The molecule has 8 unspecified atom stereocenters. The number of hydrogen-bond donors (Lipinski definition) is 8. The molecule has 17 nitrogen and oxygen atoms in total. The Hall–Kier alpha value is -8.39. The number of carbonyl (C=O) groups is 4. The van der Waals surface area contributed by atoms with Crippen LogP contribution in [0.5, 0.6) is 0 Å². The van der Waals surface area contributed by atoms with E-state index in [1.165, 1.54) is 158 Å². The van der Waals surface area contributed by atoms with E-state index in [0.717, 1.165) is 135 Å². The normalized spacial score (nSPS) is 36.8. The molecule has 4 aromatic carbocycles. The second kappa shape index (κ2) is 27.6. The first-order valence-corrected chi connectivity index (χ1v) is 45.0. The van der Waals surface area contributed by atoms with Gasteiger partial charge in [0.25, 0.3) is 0 Å². The summed E-state index contributed by atoms with van der Waals surface area (Å²) in [4.78, 5) is 70.3. The fourth-order valence-electron chi connectivity index (χ4n) is 28.9. The third kappa shape index (κ3) is 12.4. The van der Waals surface area contributed by atoms with E-state index < -0.39 is 29.5 Å². The van der Waals surface area contributed by atoms with Gasteiger partial charge in [0.05, 0.1) is 24.2 Å². The van der Waals surface area contributed by atoms with E-state index >= 15 is 4.39 Å². The van der Waals surface area contributed by atoms with Crippen LogP contribution in [0.2, 0.25) is 0 Å². The molecule has 20 aliphatic rings. The van der Waals surface area contributed by atoms with E-state index in [1.54, 1.807) is 0 Å². The Labute approximate surface area is 691 Å². The van der Waals surface area contributed by atoms with Crippen LogP contribution in [0, 0.1) is 48.7 Å². The predicted octanol–water partition coefficient (Wildman–Crippen LogP) is 19.9. The Morgan fingerprint density at radius 2 is 0.686 bits per heavy atom. The lowest BCUT2D eigenvalue weighted by atomic mass is 9.32. The highest BCUT2D eigenvalue weighted by Crippen LogP contribution is 2.83. The Morgan fingerprint density at radius 1 is 0.398 bits per heavy atom. The second-order valence-corrected chi connectivity index (χ2v) is 42.1. The van der Waals surface area contributed by atoms with Crippen LogP contribution in [-0.2, 0) is 49.6 Å². The van der Waals surface area contributed by atoms with E-state index in [4.69, 9.17) is 25.2 Å². The minimum absolute atomic E-state index is 0.0425. The number of ether oxygens (including phenoxy) is 1. The highest BCUT2D eigenvalue weighted by molar-refractivity contribution is 5.89. The first-order valence-electron chi connectivity index (χ1n) is 45.0. The summed E-state index contributed by atoms with van der Waals surface area (Å²) in [5.74, 6) is -3.34. The zero-order valence-electron chi connectivity index (χ0n) is 69.5. The first-order chi connectivity index (χ1) is 56.7. The fourth-order valence-corrected chi connectivity index (χ4v) is 28.9. The molecule has 16 fully saturated rings. The topological polar surface area (TPSA) is 235 Å². The highest BCUT2D eigenvalue weighted by atomic mass is 19.1. The number of benzene rings is 4. The van der Waals surface area contributed by atoms with Crippen LogP contribution in [0.25, 0.3) is 43.6 Å². The number of alkyl halides is 1. The number of halogens is 1. The van der Waals surface area contributed by atoms with Gasteiger partial charge in [0, 0.05) is 153 Å². The van der Waals surface area contributed by atoms with Crippen molar-refractivity contribution in [1.82, 2.24) is 39.5 Å². The van der Waals surface area contributed by atoms with Crippen molar-refractivity contribution in [3.63, 3.8) is 0 Å². The minimum atomic E-state index is -1.04. The molecule has 8 atom stereocenters. The van der Waals surface area contributed by atoms with Gasteiger partial charge in [0.2, 0.25) is 0 Å². The van der Waals surface area contributed by atoms with Gasteiger partial charge >= 0.3 is 23.9 Å². The number of nitrogens with one attached hydrogen (secondary N) is 4. The van der Waals surface area contributed by atoms with Crippen LogP contribution in [-0.4, -0.2) is 152 Å². The molecule has 4 aromatic heterocycles. The van der Waals surface area contributed by atoms with Gasteiger partial charge in [-0.15, -0.1) is 0 Å². The molecule has 15 saturated carbocycles. The standard InChI is InChI=1S/C25H29FN2O2.C25H30N2O3.2C25H30N2O2/c1-16-11-18-17-5-2-3-6-19(17)27-21(18)22(28(16)15-25(26)8-4-9-25)24-12-23(13-24,14-24)10-7-20(29)30;1-16-12-19-18-4-2-3-5-20(18)26-22(19)23(27(16)17-7-10-30-11-8-17)25-13-24(14-25,15-25)9-6-21(28)29;1-16-11-18-17-5-3-4-6-19(17)26-21(18)22(27(16)15-23(2)9-10-23)25-12-24(13-25,14-25)8-7-20(28)29;1-16-12-19-18-8-4-5-9-20(18)26-22(19)23(27(16)17-6-2-3-7-17)25-13-24(14-25,15-25)11-10-21(28)29/h2-3,5-7,10,16,22,27H,4,8-9,11-15H2,1H3,(H,29,30);2-6,9,16-17,23,26H,7-8,10-15H2,1H3,(H,28,29);3-8,16,22,26H,9-15H2,1-2H3,(H,28,29);4-5,8-11,16-17,23,26H,2-3,6-7,12-15H2,1H3,(H,28,29)/b10-7+;9-6+;8-7+;11-10+. The fraction of sp³-hybridized carbons (Fsp3) is 0.560. The number of allylic oxidation sites excluding steroid dienone is 4. The van der Waals surface area contributed by atoms with Gasteiger partial charge in [-0.1, -0.05) is 117 Å². The number of aromatic amines is 4. The minimum Gasteiger partial charge on any atom is -0.478 e.